The Kier molecular flexibility index (Phi) is 2.00. The lowest BCUT2D eigenvalue weighted by atomic mass is 10.0. The summed E-state index contributed by atoms with van der Waals surface area (Å²) in [5, 5.41) is 4.35. The van der Waals surface area contributed by atoms with Gasteiger partial charge in [-0.3, -0.25) is 4.68 Å². The van der Waals surface area contributed by atoms with Gasteiger partial charge < -0.3 is 11.5 Å². The van der Waals surface area contributed by atoms with Crippen molar-refractivity contribution in [1.82, 2.24) is 9.78 Å². The number of aromatic nitrogens is 2. The number of rotatable bonds is 1. The van der Waals surface area contributed by atoms with E-state index in [0.29, 0.717) is 11.7 Å². The Hall–Kier alpha value is -1.03. The molecule has 1 aliphatic carbocycles. The maximum absolute atomic E-state index is 5.98. The summed E-state index contributed by atoms with van der Waals surface area (Å²) >= 11 is 0. The van der Waals surface area contributed by atoms with Gasteiger partial charge in [0.15, 0.2) is 0 Å². The number of nitrogens with zero attached hydrogens (tertiary/aromatic N) is 2. The number of nitrogen functional groups attached to an aromatic ring is 1. The average molecular weight is 180 g/mol. The zero-order chi connectivity index (χ0) is 9.42. The largest absolute Gasteiger partial charge is 0.384 e. The summed E-state index contributed by atoms with van der Waals surface area (Å²) in [6.45, 7) is 0. The average Bonchev–Trinajstić information content (AvgIpc) is 2.60. The minimum absolute atomic E-state index is 0.272. The molecule has 0 amide bonds. The molecule has 1 heterocycles. The third-order valence-electron chi connectivity index (χ3n) is 2.88. The van der Waals surface area contributed by atoms with E-state index in [-0.39, 0.29) is 6.04 Å². The molecule has 4 nitrogen and oxygen atoms in total. The molecule has 1 aliphatic rings. The van der Waals surface area contributed by atoms with Gasteiger partial charge in [0.25, 0.3) is 0 Å². The first-order chi connectivity index (χ1) is 6.18. The summed E-state index contributed by atoms with van der Waals surface area (Å²) in [5.74, 6) is 1.14. The van der Waals surface area contributed by atoms with E-state index in [0.717, 1.165) is 18.5 Å². The Morgan fingerprint density at radius 3 is 2.77 bits per heavy atom. The molecule has 2 atom stereocenters. The van der Waals surface area contributed by atoms with Crippen molar-refractivity contribution in [2.45, 2.75) is 31.2 Å². The van der Waals surface area contributed by atoms with Crippen molar-refractivity contribution in [1.29, 1.82) is 0 Å². The van der Waals surface area contributed by atoms with Crippen LogP contribution in [-0.2, 0) is 7.05 Å². The van der Waals surface area contributed by atoms with E-state index in [1.807, 2.05) is 13.1 Å². The molecule has 0 bridgehead atoms. The standard InChI is InChI=1S/C9H16N4/c1-13-9(11)5-8(12-13)6-3-2-4-7(6)10/h5-7H,2-4,10-11H2,1H3. The molecular weight excluding hydrogens is 164 g/mol. The fourth-order valence-corrected chi connectivity index (χ4v) is 2.04. The molecule has 1 aromatic heterocycles. The molecule has 4 heteroatoms. The highest BCUT2D eigenvalue weighted by molar-refractivity contribution is 5.32. The fourth-order valence-electron chi connectivity index (χ4n) is 2.04. The van der Waals surface area contributed by atoms with Crippen LogP contribution in [0, 0.1) is 0 Å². The van der Waals surface area contributed by atoms with Crippen LogP contribution in [0.15, 0.2) is 6.07 Å². The second-order valence-corrected chi connectivity index (χ2v) is 3.82. The van der Waals surface area contributed by atoms with Crippen molar-refractivity contribution < 1.29 is 0 Å². The van der Waals surface area contributed by atoms with E-state index in [9.17, 15) is 0 Å². The van der Waals surface area contributed by atoms with E-state index in [1.165, 1.54) is 6.42 Å². The molecule has 1 saturated carbocycles. The van der Waals surface area contributed by atoms with Crippen LogP contribution in [0.1, 0.15) is 30.9 Å². The second kappa shape index (κ2) is 3.03. The van der Waals surface area contributed by atoms with Gasteiger partial charge in [-0.25, -0.2) is 0 Å². The fraction of sp³-hybridized carbons (Fsp3) is 0.667. The Morgan fingerprint density at radius 1 is 1.54 bits per heavy atom. The van der Waals surface area contributed by atoms with Gasteiger partial charge in [0.05, 0.1) is 5.69 Å². The predicted molar refractivity (Wildman–Crippen MR) is 52.2 cm³/mol. The Bertz CT molecular complexity index is 285. The minimum Gasteiger partial charge on any atom is -0.384 e. The minimum atomic E-state index is 0.272. The summed E-state index contributed by atoms with van der Waals surface area (Å²) in [5.41, 5.74) is 12.8. The molecule has 13 heavy (non-hydrogen) atoms. The van der Waals surface area contributed by atoms with Crippen LogP contribution in [0.5, 0.6) is 0 Å². The molecular formula is C9H16N4. The van der Waals surface area contributed by atoms with Crippen LogP contribution in [0.3, 0.4) is 0 Å². The number of aryl methyl sites for hydroxylation is 1. The van der Waals surface area contributed by atoms with E-state index in [4.69, 9.17) is 11.5 Å². The number of nitrogens with two attached hydrogens (primary N) is 2. The highest BCUT2D eigenvalue weighted by Crippen LogP contribution is 2.32. The Labute approximate surface area is 77.9 Å². The number of hydrogen-bond donors (Lipinski definition) is 2. The first kappa shape index (κ1) is 8.56. The third kappa shape index (κ3) is 1.42. The summed E-state index contributed by atoms with van der Waals surface area (Å²) in [6.07, 6.45) is 3.47. The smallest absolute Gasteiger partial charge is 0.121 e. The van der Waals surface area contributed by atoms with Crippen LogP contribution in [0.25, 0.3) is 0 Å². The summed E-state index contributed by atoms with van der Waals surface area (Å²) in [6, 6.07) is 2.21. The predicted octanol–water partition coefficient (Wildman–Crippen LogP) is 0.597. The zero-order valence-corrected chi connectivity index (χ0v) is 7.90. The van der Waals surface area contributed by atoms with Crippen LogP contribution < -0.4 is 11.5 Å². The zero-order valence-electron chi connectivity index (χ0n) is 7.90. The van der Waals surface area contributed by atoms with Crippen molar-refractivity contribution >= 4 is 5.82 Å². The number of anilines is 1. The lowest BCUT2D eigenvalue weighted by Crippen LogP contribution is -2.23. The molecule has 0 saturated heterocycles. The van der Waals surface area contributed by atoms with Crippen molar-refractivity contribution in [3.63, 3.8) is 0 Å². The van der Waals surface area contributed by atoms with Gasteiger partial charge in [-0.1, -0.05) is 6.42 Å². The molecule has 72 valence electrons. The highest BCUT2D eigenvalue weighted by atomic mass is 15.3. The molecule has 0 aliphatic heterocycles. The van der Waals surface area contributed by atoms with Crippen LogP contribution in [0.2, 0.25) is 0 Å². The molecule has 2 unspecified atom stereocenters. The van der Waals surface area contributed by atoms with Gasteiger partial charge in [-0.15, -0.1) is 0 Å². The molecule has 1 aromatic rings. The van der Waals surface area contributed by atoms with Crippen LogP contribution in [0.4, 0.5) is 5.82 Å². The van der Waals surface area contributed by atoms with Crippen molar-refractivity contribution in [2.24, 2.45) is 12.8 Å². The van der Waals surface area contributed by atoms with Gasteiger partial charge in [0.1, 0.15) is 5.82 Å². The second-order valence-electron chi connectivity index (χ2n) is 3.82. The van der Waals surface area contributed by atoms with Gasteiger partial charge in [-0.2, -0.15) is 5.10 Å². The molecule has 0 radical (unpaired) electrons. The van der Waals surface area contributed by atoms with Crippen molar-refractivity contribution in [3.05, 3.63) is 11.8 Å². The molecule has 1 fully saturated rings. The van der Waals surface area contributed by atoms with Crippen molar-refractivity contribution in [3.8, 4) is 0 Å². The van der Waals surface area contributed by atoms with Gasteiger partial charge in [-0.05, 0) is 12.8 Å². The van der Waals surface area contributed by atoms with E-state index < -0.39 is 0 Å². The maximum atomic E-state index is 5.98. The lowest BCUT2D eigenvalue weighted by molar-refractivity contribution is 0.585. The van der Waals surface area contributed by atoms with Crippen LogP contribution >= 0.6 is 0 Å². The Balaban J connectivity index is 2.24. The van der Waals surface area contributed by atoms with E-state index >= 15 is 0 Å². The molecule has 4 N–H and O–H groups in total. The third-order valence-corrected chi connectivity index (χ3v) is 2.88. The first-order valence-electron chi connectivity index (χ1n) is 4.73. The summed E-state index contributed by atoms with van der Waals surface area (Å²) in [7, 11) is 1.86. The lowest BCUT2D eigenvalue weighted by Gasteiger charge is -2.11. The SMILES string of the molecule is Cn1nc(C2CCCC2N)cc1N. The monoisotopic (exact) mass is 180 g/mol. The first-order valence-corrected chi connectivity index (χ1v) is 4.73. The quantitative estimate of drug-likeness (QED) is 0.664. The van der Waals surface area contributed by atoms with Crippen molar-refractivity contribution in [2.75, 3.05) is 5.73 Å². The van der Waals surface area contributed by atoms with Crippen LogP contribution in [-0.4, -0.2) is 15.8 Å². The maximum Gasteiger partial charge on any atom is 0.121 e. The summed E-state index contributed by atoms with van der Waals surface area (Å²) in [4.78, 5) is 0. The molecule has 2 rings (SSSR count). The van der Waals surface area contributed by atoms with Gasteiger partial charge in [0, 0.05) is 25.1 Å². The topological polar surface area (TPSA) is 69.9 Å². The van der Waals surface area contributed by atoms with E-state index in [2.05, 4.69) is 5.10 Å². The summed E-state index contributed by atoms with van der Waals surface area (Å²) < 4.78 is 1.71. The van der Waals surface area contributed by atoms with E-state index in [1.54, 1.807) is 4.68 Å². The number of hydrogen-bond acceptors (Lipinski definition) is 3. The Morgan fingerprint density at radius 2 is 2.31 bits per heavy atom. The molecule has 0 spiro atoms. The van der Waals surface area contributed by atoms with Gasteiger partial charge in [0.2, 0.25) is 0 Å². The molecule has 0 aromatic carbocycles. The normalized spacial score (nSPS) is 28.2. The van der Waals surface area contributed by atoms with Gasteiger partial charge >= 0.3 is 0 Å². The highest BCUT2D eigenvalue weighted by Gasteiger charge is 2.27.